The number of thiophene rings is 2. The summed E-state index contributed by atoms with van der Waals surface area (Å²) in [4.78, 5) is 25.3. The van der Waals surface area contributed by atoms with E-state index in [0.717, 1.165) is 58.8 Å². The molecular weight excluding hydrogens is 408 g/mol. The number of carbonyl (C=O) groups excluding carboxylic acids is 1. The summed E-state index contributed by atoms with van der Waals surface area (Å²) in [6.45, 7) is 5.42. The number of carbonyl (C=O) groups is 1. The highest BCUT2D eigenvalue weighted by atomic mass is 32.2. The number of rotatable bonds is 7. The zero-order valence-corrected chi connectivity index (χ0v) is 18.3. The number of nitrogens with one attached hydrogen (secondary N) is 2. The van der Waals surface area contributed by atoms with Crippen molar-refractivity contribution in [2.45, 2.75) is 31.0 Å². The molecule has 1 saturated heterocycles. The van der Waals surface area contributed by atoms with Crippen LogP contribution in [0.3, 0.4) is 0 Å². The van der Waals surface area contributed by atoms with Crippen molar-refractivity contribution in [3.05, 3.63) is 35.0 Å². The van der Waals surface area contributed by atoms with Crippen LogP contribution in [0.2, 0.25) is 0 Å². The average molecular weight is 433 g/mol. The summed E-state index contributed by atoms with van der Waals surface area (Å²) in [7, 11) is 0. The van der Waals surface area contributed by atoms with E-state index in [9.17, 15) is 4.79 Å². The molecule has 0 spiro atoms. The van der Waals surface area contributed by atoms with Crippen molar-refractivity contribution < 1.29 is 4.79 Å². The summed E-state index contributed by atoms with van der Waals surface area (Å²) >= 11 is 4.84. The molecule has 1 fully saturated rings. The minimum Gasteiger partial charge on any atom is -0.353 e. The molecular formula is C20H24N4OS3. The van der Waals surface area contributed by atoms with Gasteiger partial charge in [-0.2, -0.15) is 0 Å². The Labute approximate surface area is 177 Å². The van der Waals surface area contributed by atoms with Gasteiger partial charge < -0.3 is 15.2 Å². The van der Waals surface area contributed by atoms with Crippen molar-refractivity contribution in [2.24, 2.45) is 0 Å². The Balaban J connectivity index is 1.39. The maximum Gasteiger partial charge on any atom is 0.230 e. The highest BCUT2D eigenvalue weighted by Crippen LogP contribution is 2.36. The summed E-state index contributed by atoms with van der Waals surface area (Å²) in [6, 6.07) is 8.57. The SMILES string of the molecule is CCN1CCC(NC(=O)CSc2nc(-c3cccs3)c(-c3cccs3)[nH]2)CC1. The Hall–Kier alpha value is -1.61. The number of hydrogen-bond acceptors (Lipinski definition) is 6. The first-order chi connectivity index (χ1) is 13.7. The zero-order valence-electron chi connectivity index (χ0n) is 15.8. The van der Waals surface area contributed by atoms with Crippen LogP contribution in [0.5, 0.6) is 0 Å². The van der Waals surface area contributed by atoms with Crippen LogP contribution in [0, 0.1) is 0 Å². The van der Waals surface area contributed by atoms with Crippen LogP contribution >= 0.6 is 34.4 Å². The number of thioether (sulfide) groups is 1. The van der Waals surface area contributed by atoms with Crippen molar-refractivity contribution in [1.82, 2.24) is 20.2 Å². The van der Waals surface area contributed by atoms with E-state index in [1.54, 1.807) is 22.7 Å². The minimum atomic E-state index is 0.0895. The number of aromatic amines is 1. The van der Waals surface area contributed by atoms with E-state index >= 15 is 0 Å². The van der Waals surface area contributed by atoms with Crippen molar-refractivity contribution in [3.63, 3.8) is 0 Å². The molecule has 1 aliphatic heterocycles. The van der Waals surface area contributed by atoms with Gasteiger partial charge in [0.2, 0.25) is 5.91 Å². The molecule has 4 heterocycles. The number of amides is 1. The topological polar surface area (TPSA) is 61.0 Å². The van der Waals surface area contributed by atoms with Crippen molar-refractivity contribution in [1.29, 1.82) is 0 Å². The maximum absolute atomic E-state index is 12.4. The van der Waals surface area contributed by atoms with E-state index in [1.807, 2.05) is 12.1 Å². The Kier molecular flexibility index (Phi) is 6.51. The number of piperidine rings is 1. The standard InChI is InChI=1S/C20H24N4OS3/c1-2-24-9-7-14(8-10-24)21-17(25)13-28-20-22-18(15-5-3-11-26-15)19(23-20)16-6-4-12-27-16/h3-6,11-12,14H,2,7-10,13H2,1H3,(H,21,25)(H,22,23). The second-order valence-corrected chi connectivity index (χ2v) is 9.64. The fraction of sp³-hybridized carbons (Fsp3) is 0.400. The molecule has 0 radical (unpaired) electrons. The van der Waals surface area contributed by atoms with Gasteiger partial charge in [0.05, 0.1) is 21.2 Å². The Bertz CT molecular complexity index is 829. The molecule has 4 rings (SSSR count). The van der Waals surface area contributed by atoms with Gasteiger partial charge in [-0.25, -0.2) is 4.98 Å². The molecule has 0 saturated carbocycles. The molecule has 1 amide bonds. The van der Waals surface area contributed by atoms with Crippen molar-refractivity contribution in [3.8, 4) is 21.1 Å². The first-order valence-electron chi connectivity index (χ1n) is 9.55. The van der Waals surface area contributed by atoms with E-state index in [2.05, 4.69) is 45.0 Å². The highest BCUT2D eigenvalue weighted by molar-refractivity contribution is 7.99. The van der Waals surface area contributed by atoms with Gasteiger partial charge in [0.1, 0.15) is 5.69 Å². The zero-order chi connectivity index (χ0) is 19.3. The van der Waals surface area contributed by atoms with Gasteiger partial charge >= 0.3 is 0 Å². The van der Waals surface area contributed by atoms with Crippen molar-refractivity contribution in [2.75, 3.05) is 25.4 Å². The van der Waals surface area contributed by atoms with Crippen LogP contribution in [0.15, 0.2) is 40.2 Å². The molecule has 0 bridgehead atoms. The third kappa shape index (κ3) is 4.68. The lowest BCUT2D eigenvalue weighted by molar-refractivity contribution is -0.119. The van der Waals surface area contributed by atoms with E-state index in [-0.39, 0.29) is 5.91 Å². The van der Waals surface area contributed by atoms with E-state index in [1.165, 1.54) is 11.8 Å². The Morgan fingerprint density at radius 1 is 1.25 bits per heavy atom. The highest BCUT2D eigenvalue weighted by Gasteiger charge is 2.20. The molecule has 8 heteroatoms. The summed E-state index contributed by atoms with van der Waals surface area (Å²) in [6.07, 6.45) is 2.08. The fourth-order valence-corrected chi connectivity index (χ4v) is 5.54. The lowest BCUT2D eigenvalue weighted by Crippen LogP contribution is -2.45. The first-order valence-corrected chi connectivity index (χ1v) is 12.3. The maximum atomic E-state index is 12.4. The molecule has 2 N–H and O–H groups in total. The number of H-pyrrole nitrogens is 1. The summed E-state index contributed by atoms with van der Waals surface area (Å²) in [5, 5.41) is 8.11. The minimum absolute atomic E-state index is 0.0895. The van der Waals surface area contributed by atoms with Gasteiger partial charge in [-0.05, 0) is 42.3 Å². The lowest BCUT2D eigenvalue weighted by Gasteiger charge is -2.31. The molecule has 148 valence electrons. The van der Waals surface area contributed by atoms with Gasteiger partial charge in [-0.1, -0.05) is 30.8 Å². The molecule has 1 aliphatic rings. The van der Waals surface area contributed by atoms with Gasteiger partial charge in [0, 0.05) is 19.1 Å². The van der Waals surface area contributed by atoms with E-state index < -0.39 is 0 Å². The monoisotopic (exact) mass is 432 g/mol. The molecule has 3 aromatic rings. The van der Waals surface area contributed by atoms with Crippen LogP contribution in [-0.4, -0.2) is 52.2 Å². The largest absolute Gasteiger partial charge is 0.353 e. The van der Waals surface area contributed by atoms with Crippen LogP contribution in [0.4, 0.5) is 0 Å². The van der Waals surface area contributed by atoms with E-state index in [4.69, 9.17) is 4.98 Å². The predicted molar refractivity (Wildman–Crippen MR) is 119 cm³/mol. The number of nitrogens with zero attached hydrogens (tertiary/aromatic N) is 2. The summed E-state index contributed by atoms with van der Waals surface area (Å²) < 4.78 is 0. The Morgan fingerprint density at radius 3 is 2.61 bits per heavy atom. The van der Waals surface area contributed by atoms with Gasteiger partial charge in [-0.15, -0.1) is 22.7 Å². The molecule has 0 atom stereocenters. The predicted octanol–water partition coefficient (Wildman–Crippen LogP) is 4.56. The second-order valence-electron chi connectivity index (χ2n) is 6.78. The number of aromatic nitrogens is 2. The molecule has 0 aromatic carbocycles. The molecule has 0 unspecified atom stereocenters. The van der Waals surface area contributed by atoms with Crippen LogP contribution in [-0.2, 0) is 4.79 Å². The average Bonchev–Trinajstić information content (AvgIpc) is 3.48. The van der Waals surface area contributed by atoms with Crippen LogP contribution in [0.1, 0.15) is 19.8 Å². The third-order valence-electron chi connectivity index (χ3n) is 4.94. The normalized spacial score (nSPS) is 15.8. The van der Waals surface area contributed by atoms with Crippen molar-refractivity contribution >= 4 is 40.3 Å². The number of hydrogen-bond donors (Lipinski definition) is 2. The Morgan fingerprint density at radius 2 is 1.96 bits per heavy atom. The fourth-order valence-electron chi connectivity index (χ4n) is 3.41. The second kappa shape index (κ2) is 9.26. The molecule has 3 aromatic heterocycles. The molecule has 0 aliphatic carbocycles. The van der Waals surface area contributed by atoms with Crippen LogP contribution in [0.25, 0.3) is 21.1 Å². The summed E-state index contributed by atoms with van der Waals surface area (Å²) in [5.74, 6) is 0.474. The first kappa shape index (κ1) is 19.7. The van der Waals surface area contributed by atoms with Gasteiger partial charge in [0.25, 0.3) is 0 Å². The quantitative estimate of drug-likeness (QED) is 0.537. The lowest BCUT2D eigenvalue weighted by atomic mass is 10.1. The third-order valence-corrected chi connectivity index (χ3v) is 7.58. The van der Waals surface area contributed by atoms with E-state index in [0.29, 0.717) is 11.8 Å². The van der Waals surface area contributed by atoms with Crippen LogP contribution < -0.4 is 5.32 Å². The molecule has 28 heavy (non-hydrogen) atoms. The molecule has 5 nitrogen and oxygen atoms in total. The van der Waals surface area contributed by atoms with Gasteiger partial charge in [0.15, 0.2) is 5.16 Å². The smallest absolute Gasteiger partial charge is 0.230 e. The number of likely N-dealkylation sites (tertiary alicyclic amines) is 1. The number of imidazole rings is 1. The van der Waals surface area contributed by atoms with Gasteiger partial charge in [-0.3, -0.25) is 4.79 Å². The summed E-state index contributed by atoms with van der Waals surface area (Å²) in [5.41, 5.74) is 2.00.